The second-order valence-corrected chi connectivity index (χ2v) is 4.61. The molecule has 0 saturated carbocycles. The number of nitrogens with one attached hydrogen (secondary N) is 1. The third-order valence-corrected chi connectivity index (χ3v) is 3.09. The zero-order chi connectivity index (χ0) is 15.9. The van der Waals surface area contributed by atoms with Crippen LogP contribution in [0.15, 0.2) is 57.2 Å². The molecule has 0 bridgehead atoms. The summed E-state index contributed by atoms with van der Waals surface area (Å²) in [6.45, 7) is 2.41. The van der Waals surface area contributed by atoms with Gasteiger partial charge in [-0.05, 0) is 18.6 Å². The Morgan fingerprint density at radius 3 is 2.64 bits per heavy atom. The second-order valence-electron chi connectivity index (χ2n) is 4.61. The number of rotatable bonds is 5. The molecule has 0 aliphatic carbocycles. The van der Waals surface area contributed by atoms with Crippen LogP contribution in [0.1, 0.15) is 12.5 Å². The van der Waals surface area contributed by atoms with Gasteiger partial charge in [0, 0.05) is 25.9 Å². The molecule has 0 saturated heterocycles. The molecule has 1 heterocycles. The van der Waals surface area contributed by atoms with Crippen LogP contribution in [0.25, 0.3) is 6.08 Å². The number of anilines is 1. The lowest BCUT2D eigenvalue weighted by atomic mass is 10.2. The van der Waals surface area contributed by atoms with Crippen LogP contribution in [0, 0.1) is 0 Å². The Hall–Kier alpha value is -2.89. The summed E-state index contributed by atoms with van der Waals surface area (Å²) in [5, 5.41) is 5.80. The number of aromatic nitrogens is 2. The fraction of sp³-hybridized carbons (Fsp3) is 0.188. The lowest BCUT2D eigenvalue weighted by Gasteiger charge is -2.15. The minimum absolute atomic E-state index is 0.368. The van der Waals surface area contributed by atoms with Gasteiger partial charge in [-0.2, -0.15) is 5.10 Å². The van der Waals surface area contributed by atoms with E-state index in [0.717, 1.165) is 10.1 Å². The molecule has 0 amide bonds. The number of benzene rings is 1. The maximum absolute atomic E-state index is 11.6. The fourth-order valence-electron chi connectivity index (χ4n) is 1.83. The minimum Gasteiger partial charge on any atom is -0.292 e. The third-order valence-electron chi connectivity index (χ3n) is 3.09. The summed E-state index contributed by atoms with van der Waals surface area (Å²) >= 11 is 0. The van der Waals surface area contributed by atoms with Crippen LogP contribution in [-0.2, 0) is 7.05 Å². The van der Waals surface area contributed by atoms with Crippen molar-refractivity contribution in [3.63, 3.8) is 0 Å². The molecule has 0 aliphatic rings. The molecular weight excluding hydrogens is 280 g/mol. The molecule has 1 aromatic heterocycles. The van der Waals surface area contributed by atoms with Gasteiger partial charge in [0.05, 0.1) is 0 Å². The lowest BCUT2D eigenvalue weighted by Crippen LogP contribution is -2.34. The summed E-state index contributed by atoms with van der Waals surface area (Å²) in [5.41, 5.74) is 0.238. The summed E-state index contributed by atoms with van der Waals surface area (Å²) in [5.74, 6) is 0.375. The number of aromatic amines is 1. The van der Waals surface area contributed by atoms with Crippen molar-refractivity contribution in [1.82, 2.24) is 9.55 Å². The van der Waals surface area contributed by atoms with Crippen LogP contribution >= 0.6 is 0 Å². The van der Waals surface area contributed by atoms with Gasteiger partial charge < -0.3 is 0 Å². The standard InChI is InChI=1S/C16H18N4O2/c1-3-20(14-12-15(21)19(2)16(22)18-14)17-11-7-10-13-8-5-4-6-9-13/h4-12H,3H2,1-2H3,(H,18,22)/b10-7+,17-11?. The van der Waals surface area contributed by atoms with E-state index in [1.165, 1.54) is 13.1 Å². The zero-order valence-corrected chi connectivity index (χ0v) is 12.6. The van der Waals surface area contributed by atoms with Gasteiger partial charge in [0.25, 0.3) is 5.56 Å². The first kappa shape index (κ1) is 15.5. The first-order chi connectivity index (χ1) is 10.6. The van der Waals surface area contributed by atoms with Crippen LogP contribution in [-0.4, -0.2) is 22.3 Å². The Morgan fingerprint density at radius 2 is 2.00 bits per heavy atom. The Balaban J connectivity index is 2.16. The normalized spacial score (nSPS) is 11.4. The highest BCUT2D eigenvalue weighted by Crippen LogP contribution is 2.05. The van der Waals surface area contributed by atoms with E-state index in [2.05, 4.69) is 10.1 Å². The number of nitrogens with zero attached hydrogens (tertiary/aromatic N) is 3. The van der Waals surface area contributed by atoms with Gasteiger partial charge in [-0.3, -0.25) is 14.3 Å². The van der Waals surface area contributed by atoms with Crippen molar-refractivity contribution in [2.24, 2.45) is 12.1 Å². The van der Waals surface area contributed by atoms with E-state index < -0.39 is 5.69 Å². The van der Waals surface area contributed by atoms with Crippen molar-refractivity contribution in [1.29, 1.82) is 0 Å². The molecule has 6 heteroatoms. The Morgan fingerprint density at radius 1 is 1.27 bits per heavy atom. The quantitative estimate of drug-likeness (QED) is 0.673. The fourth-order valence-corrected chi connectivity index (χ4v) is 1.83. The van der Waals surface area contributed by atoms with Crippen molar-refractivity contribution in [2.45, 2.75) is 6.92 Å². The van der Waals surface area contributed by atoms with Crippen molar-refractivity contribution in [3.05, 3.63) is 68.9 Å². The van der Waals surface area contributed by atoms with Gasteiger partial charge in [-0.25, -0.2) is 9.80 Å². The summed E-state index contributed by atoms with van der Waals surface area (Å²) in [4.78, 5) is 25.9. The van der Waals surface area contributed by atoms with E-state index in [1.807, 2.05) is 43.3 Å². The van der Waals surface area contributed by atoms with E-state index >= 15 is 0 Å². The summed E-state index contributed by atoms with van der Waals surface area (Å²) < 4.78 is 1.01. The number of hydrogen-bond acceptors (Lipinski definition) is 4. The van der Waals surface area contributed by atoms with Gasteiger partial charge in [0.15, 0.2) is 0 Å². The van der Waals surface area contributed by atoms with E-state index in [0.29, 0.717) is 12.4 Å². The number of allylic oxidation sites excluding steroid dienone is 1. The summed E-state index contributed by atoms with van der Waals surface area (Å²) in [6, 6.07) is 11.2. The van der Waals surface area contributed by atoms with Crippen molar-refractivity contribution >= 4 is 18.1 Å². The van der Waals surface area contributed by atoms with Crippen LogP contribution < -0.4 is 16.3 Å². The molecule has 0 unspecified atom stereocenters. The highest BCUT2D eigenvalue weighted by atomic mass is 16.2. The molecule has 0 aliphatic heterocycles. The van der Waals surface area contributed by atoms with Crippen LogP contribution in [0.5, 0.6) is 0 Å². The SMILES string of the molecule is CCN(N=C/C=C/c1ccccc1)c1cc(=O)n(C)c(=O)[nH]1. The molecule has 1 N–H and O–H groups in total. The number of hydrazone groups is 1. The Bertz CT molecular complexity index is 757. The maximum atomic E-state index is 11.6. The second kappa shape index (κ2) is 7.21. The number of H-pyrrole nitrogens is 1. The minimum atomic E-state index is -0.462. The average molecular weight is 298 g/mol. The van der Waals surface area contributed by atoms with E-state index in [-0.39, 0.29) is 5.56 Å². The topological polar surface area (TPSA) is 70.5 Å². The first-order valence-electron chi connectivity index (χ1n) is 6.95. The molecule has 2 rings (SSSR count). The highest BCUT2D eigenvalue weighted by Gasteiger charge is 2.06. The third kappa shape index (κ3) is 3.82. The maximum Gasteiger partial charge on any atom is 0.329 e. The first-order valence-corrected chi connectivity index (χ1v) is 6.95. The van der Waals surface area contributed by atoms with Crippen LogP contribution in [0.3, 0.4) is 0 Å². The van der Waals surface area contributed by atoms with Crippen molar-refractivity contribution in [2.75, 3.05) is 11.6 Å². The Labute approximate surface area is 128 Å². The van der Waals surface area contributed by atoms with E-state index in [4.69, 9.17) is 0 Å². The molecule has 22 heavy (non-hydrogen) atoms. The van der Waals surface area contributed by atoms with Crippen LogP contribution in [0.4, 0.5) is 5.82 Å². The molecule has 0 atom stereocenters. The van der Waals surface area contributed by atoms with Gasteiger partial charge >= 0.3 is 5.69 Å². The molecule has 0 fully saturated rings. The smallest absolute Gasteiger partial charge is 0.292 e. The largest absolute Gasteiger partial charge is 0.329 e. The molecule has 2 aromatic rings. The van der Waals surface area contributed by atoms with Crippen molar-refractivity contribution in [3.8, 4) is 0 Å². The molecule has 0 radical (unpaired) electrons. The summed E-state index contributed by atoms with van der Waals surface area (Å²) in [6.07, 6.45) is 5.34. The van der Waals surface area contributed by atoms with E-state index in [9.17, 15) is 9.59 Å². The van der Waals surface area contributed by atoms with Gasteiger partial charge in [0.2, 0.25) is 0 Å². The lowest BCUT2D eigenvalue weighted by molar-refractivity contribution is 0.756. The van der Waals surface area contributed by atoms with Crippen LogP contribution in [0.2, 0.25) is 0 Å². The molecule has 1 aromatic carbocycles. The number of hydrogen-bond donors (Lipinski definition) is 1. The van der Waals surface area contributed by atoms with Gasteiger partial charge in [-0.15, -0.1) is 0 Å². The zero-order valence-electron chi connectivity index (χ0n) is 12.6. The summed E-state index contributed by atoms with van der Waals surface area (Å²) in [7, 11) is 1.42. The molecule has 6 nitrogen and oxygen atoms in total. The molecule has 114 valence electrons. The predicted molar refractivity (Wildman–Crippen MR) is 89.3 cm³/mol. The molecular formula is C16H18N4O2. The Kier molecular flexibility index (Phi) is 5.08. The molecule has 0 spiro atoms. The predicted octanol–water partition coefficient (Wildman–Crippen LogP) is 1.60. The van der Waals surface area contributed by atoms with E-state index in [1.54, 1.807) is 17.3 Å². The van der Waals surface area contributed by atoms with Gasteiger partial charge in [-0.1, -0.05) is 36.4 Å². The monoisotopic (exact) mass is 298 g/mol. The van der Waals surface area contributed by atoms with Gasteiger partial charge in [0.1, 0.15) is 5.82 Å². The average Bonchev–Trinajstić information content (AvgIpc) is 2.53. The van der Waals surface area contributed by atoms with Crippen molar-refractivity contribution < 1.29 is 0 Å². The highest BCUT2D eigenvalue weighted by molar-refractivity contribution is 5.78.